The zero-order valence-electron chi connectivity index (χ0n) is 12.1. The van der Waals surface area contributed by atoms with Crippen molar-refractivity contribution in [3.05, 3.63) is 22.8 Å². The number of hydrogen-bond acceptors (Lipinski definition) is 3. The lowest BCUT2D eigenvalue weighted by atomic mass is 9.84. The van der Waals surface area contributed by atoms with Crippen LogP contribution in [0.5, 0.6) is 0 Å². The van der Waals surface area contributed by atoms with E-state index in [0.29, 0.717) is 22.4 Å². The summed E-state index contributed by atoms with van der Waals surface area (Å²) in [4.78, 5) is 18.2. The number of amides is 1. The van der Waals surface area contributed by atoms with Crippen molar-refractivity contribution in [2.45, 2.75) is 45.1 Å². The van der Waals surface area contributed by atoms with Gasteiger partial charge < -0.3 is 10.6 Å². The van der Waals surface area contributed by atoms with Crippen LogP contribution in [-0.4, -0.2) is 28.9 Å². The van der Waals surface area contributed by atoms with E-state index in [0.717, 1.165) is 18.8 Å². The van der Waals surface area contributed by atoms with Crippen molar-refractivity contribution in [3.63, 3.8) is 0 Å². The number of carbonyl (C=O) groups excluding carboxylic acids is 1. The van der Waals surface area contributed by atoms with Crippen LogP contribution in [-0.2, 0) is 0 Å². The number of nitrogens with two attached hydrogens (primary N) is 1. The van der Waals surface area contributed by atoms with Gasteiger partial charge in [0.25, 0.3) is 5.91 Å². The molecule has 5 heteroatoms. The van der Waals surface area contributed by atoms with Gasteiger partial charge in [0.1, 0.15) is 5.82 Å². The maximum absolute atomic E-state index is 12.5. The predicted octanol–water partition coefficient (Wildman–Crippen LogP) is 3.36. The van der Waals surface area contributed by atoms with E-state index in [9.17, 15) is 4.79 Å². The zero-order chi connectivity index (χ0) is 14.7. The lowest BCUT2D eigenvalue weighted by Gasteiger charge is -2.34. The number of rotatable bonds is 3. The quantitative estimate of drug-likeness (QED) is 0.930. The Balaban J connectivity index is 2.07. The van der Waals surface area contributed by atoms with E-state index in [2.05, 4.69) is 11.9 Å². The molecule has 2 rings (SSSR count). The molecule has 1 aromatic heterocycles. The fourth-order valence-corrected chi connectivity index (χ4v) is 3.10. The number of carbonyl (C=O) groups is 1. The fourth-order valence-electron chi connectivity index (χ4n) is 2.91. The van der Waals surface area contributed by atoms with Gasteiger partial charge in [-0.2, -0.15) is 0 Å². The van der Waals surface area contributed by atoms with Crippen LogP contribution in [0.1, 0.15) is 49.4 Å². The SMILES string of the molecule is CCC1CCC(N(C)C(=O)c2cc(N)ncc2Cl)CC1. The van der Waals surface area contributed by atoms with Gasteiger partial charge in [-0.25, -0.2) is 4.98 Å². The largest absolute Gasteiger partial charge is 0.384 e. The van der Waals surface area contributed by atoms with Crippen molar-refractivity contribution in [2.24, 2.45) is 5.92 Å². The highest BCUT2D eigenvalue weighted by atomic mass is 35.5. The summed E-state index contributed by atoms with van der Waals surface area (Å²) in [6.45, 7) is 2.24. The number of anilines is 1. The number of nitrogen functional groups attached to an aromatic ring is 1. The first kappa shape index (κ1) is 15.1. The molecule has 0 bridgehead atoms. The molecule has 110 valence electrons. The van der Waals surface area contributed by atoms with Crippen molar-refractivity contribution < 1.29 is 4.79 Å². The van der Waals surface area contributed by atoms with E-state index in [-0.39, 0.29) is 5.91 Å². The molecule has 1 aromatic rings. The first-order valence-corrected chi connectivity index (χ1v) is 7.58. The molecule has 0 atom stereocenters. The second-order valence-corrected chi connectivity index (χ2v) is 6.00. The summed E-state index contributed by atoms with van der Waals surface area (Å²) < 4.78 is 0. The molecule has 4 nitrogen and oxygen atoms in total. The molecule has 1 heterocycles. The second kappa shape index (κ2) is 6.44. The topological polar surface area (TPSA) is 59.2 Å². The molecule has 1 amide bonds. The summed E-state index contributed by atoms with van der Waals surface area (Å²) in [5.41, 5.74) is 6.08. The summed E-state index contributed by atoms with van der Waals surface area (Å²) in [6.07, 6.45) is 7.21. The van der Waals surface area contributed by atoms with E-state index in [1.54, 1.807) is 6.07 Å². The Bertz CT molecular complexity index is 484. The summed E-state index contributed by atoms with van der Waals surface area (Å²) in [5.74, 6) is 1.07. The molecule has 20 heavy (non-hydrogen) atoms. The number of aromatic nitrogens is 1. The highest BCUT2D eigenvalue weighted by molar-refractivity contribution is 6.33. The average Bonchev–Trinajstić information content (AvgIpc) is 2.48. The Morgan fingerprint density at radius 3 is 2.70 bits per heavy atom. The van der Waals surface area contributed by atoms with E-state index in [4.69, 9.17) is 17.3 Å². The third-order valence-electron chi connectivity index (χ3n) is 4.37. The van der Waals surface area contributed by atoms with Crippen molar-refractivity contribution in [1.29, 1.82) is 0 Å². The predicted molar refractivity (Wildman–Crippen MR) is 81.8 cm³/mol. The van der Waals surface area contributed by atoms with E-state index >= 15 is 0 Å². The van der Waals surface area contributed by atoms with Gasteiger partial charge in [-0.1, -0.05) is 24.9 Å². The van der Waals surface area contributed by atoms with Crippen LogP contribution in [0.15, 0.2) is 12.3 Å². The molecule has 2 N–H and O–H groups in total. The molecule has 0 spiro atoms. The van der Waals surface area contributed by atoms with Gasteiger partial charge in [-0.15, -0.1) is 0 Å². The first-order chi connectivity index (χ1) is 9.52. The molecule has 1 saturated carbocycles. The Kier molecular flexibility index (Phi) is 4.86. The maximum atomic E-state index is 12.5. The fraction of sp³-hybridized carbons (Fsp3) is 0.600. The third-order valence-corrected chi connectivity index (χ3v) is 4.67. The minimum Gasteiger partial charge on any atom is -0.384 e. The number of nitrogens with zero attached hydrogens (tertiary/aromatic N) is 2. The van der Waals surface area contributed by atoms with Crippen LogP contribution < -0.4 is 5.73 Å². The minimum absolute atomic E-state index is 0.0657. The first-order valence-electron chi connectivity index (χ1n) is 7.21. The number of halogens is 1. The zero-order valence-corrected chi connectivity index (χ0v) is 12.9. The van der Waals surface area contributed by atoms with Gasteiger partial charge in [0.15, 0.2) is 0 Å². The summed E-state index contributed by atoms with van der Waals surface area (Å²) >= 11 is 6.05. The van der Waals surface area contributed by atoms with E-state index in [1.165, 1.54) is 25.5 Å². The van der Waals surface area contributed by atoms with Gasteiger partial charge in [-0.3, -0.25) is 4.79 Å². The standard InChI is InChI=1S/C15H22ClN3O/c1-3-10-4-6-11(7-5-10)19(2)15(20)12-8-14(17)18-9-13(12)16/h8-11H,3-7H2,1-2H3,(H2,17,18). The smallest absolute Gasteiger partial charge is 0.255 e. The van der Waals surface area contributed by atoms with Crippen LogP contribution in [0.3, 0.4) is 0 Å². The molecule has 1 aliphatic rings. The minimum atomic E-state index is -0.0657. The normalized spacial score (nSPS) is 22.6. The molecular weight excluding hydrogens is 274 g/mol. The lowest BCUT2D eigenvalue weighted by Crippen LogP contribution is -2.39. The Labute approximate surface area is 125 Å². The third kappa shape index (κ3) is 3.23. The van der Waals surface area contributed by atoms with Crippen LogP contribution in [0.25, 0.3) is 0 Å². The van der Waals surface area contributed by atoms with Crippen molar-refractivity contribution in [2.75, 3.05) is 12.8 Å². The summed E-state index contributed by atoms with van der Waals surface area (Å²) in [7, 11) is 1.85. The monoisotopic (exact) mass is 295 g/mol. The van der Waals surface area contributed by atoms with Crippen molar-refractivity contribution in [3.8, 4) is 0 Å². The molecular formula is C15H22ClN3O. The summed E-state index contributed by atoms with van der Waals surface area (Å²) in [5, 5.41) is 0.360. The molecule has 0 radical (unpaired) electrons. The Hall–Kier alpha value is -1.29. The van der Waals surface area contributed by atoms with Gasteiger partial charge in [-0.05, 0) is 37.7 Å². The lowest BCUT2D eigenvalue weighted by molar-refractivity contribution is 0.0675. The van der Waals surface area contributed by atoms with Gasteiger partial charge in [0.05, 0.1) is 10.6 Å². The van der Waals surface area contributed by atoms with Crippen LogP contribution in [0.2, 0.25) is 5.02 Å². The van der Waals surface area contributed by atoms with Gasteiger partial charge in [0, 0.05) is 19.3 Å². The van der Waals surface area contributed by atoms with Gasteiger partial charge >= 0.3 is 0 Å². The molecule has 1 fully saturated rings. The van der Waals surface area contributed by atoms with Crippen LogP contribution in [0.4, 0.5) is 5.82 Å². The number of hydrogen-bond donors (Lipinski definition) is 1. The van der Waals surface area contributed by atoms with Gasteiger partial charge in [0.2, 0.25) is 0 Å². The number of pyridine rings is 1. The highest BCUT2D eigenvalue weighted by Gasteiger charge is 2.27. The maximum Gasteiger partial charge on any atom is 0.255 e. The molecule has 0 saturated heterocycles. The molecule has 0 aliphatic heterocycles. The molecule has 0 aromatic carbocycles. The van der Waals surface area contributed by atoms with Crippen molar-refractivity contribution in [1.82, 2.24) is 9.88 Å². The average molecular weight is 296 g/mol. The second-order valence-electron chi connectivity index (χ2n) is 5.59. The van der Waals surface area contributed by atoms with Crippen LogP contribution in [0, 0.1) is 5.92 Å². The summed E-state index contributed by atoms with van der Waals surface area (Å²) in [6, 6.07) is 1.86. The Morgan fingerprint density at radius 1 is 1.45 bits per heavy atom. The van der Waals surface area contributed by atoms with E-state index < -0.39 is 0 Å². The Morgan fingerprint density at radius 2 is 2.10 bits per heavy atom. The van der Waals surface area contributed by atoms with Crippen LogP contribution >= 0.6 is 11.6 Å². The molecule has 0 unspecified atom stereocenters. The molecule has 1 aliphatic carbocycles. The van der Waals surface area contributed by atoms with E-state index in [1.807, 2.05) is 11.9 Å². The van der Waals surface area contributed by atoms with Crippen molar-refractivity contribution >= 4 is 23.3 Å². The highest BCUT2D eigenvalue weighted by Crippen LogP contribution is 2.30.